The number of nitrogens with two attached hydrogens (primary N) is 1. The van der Waals surface area contributed by atoms with Crippen LogP contribution in [0.2, 0.25) is 0 Å². The van der Waals surface area contributed by atoms with E-state index in [9.17, 15) is 24.3 Å². The summed E-state index contributed by atoms with van der Waals surface area (Å²) in [5, 5.41) is 38.6. The molecular weight excluding hydrogens is 1050 g/mol. The lowest BCUT2D eigenvalue weighted by atomic mass is 9.63. The second-order valence-corrected chi connectivity index (χ2v) is 25.0. The zero-order chi connectivity index (χ0) is 56.2. The average molecular weight is 1120 g/mol. The van der Waals surface area contributed by atoms with Crippen molar-refractivity contribution in [3.8, 4) is 46.2 Å². The van der Waals surface area contributed by atoms with E-state index in [4.69, 9.17) is 29.7 Å². The maximum Gasteiger partial charge on any atom is 0.248 e. The number of nitriles is 1. The van der Waals surface area contributed by atoms with Gasteiger partial charge in [0.2, 0.25) is 23.6 Å². The Morgan fingerprint density at radius 1 is 1.02 bits per heavy atom. The number of aliphatic hydroxyl groups excluding tert-OH is 1. The topological polar surface area (TPSA) is 249 Å². The molecule has 5 atom stereocenters. The molecule has 7 heterocycles. The van der Waals surface area contributed by atoms with E-state index in [1.165, 1.54) is 28.6 Å². The lowest BCUT2D eigenvalue weighted by Gasteiger charge is -2.39. The fourth-order valence-corrected chi connectivity index (χ4v) is 14.1. The molecule has 1 saturated carbocycles. The van der Waals surface area contributed by atoms with Crippen LogP contribution in [0.1, 0.15) is 142 Å². The quantitative estimate of drug-likeness (QED) is 0.0866. The van der Waals surface area contributed by atoms with Crippen LogP contribution in [0.5, 0.6) is 17.5 Å². The van der Waals surface area contributed by atoms with Crippen molar-refractivity contribution < 1.29 is 33.1 Å². The third-order valence-electron chi connectivity index (χ3n) is 17.2. The number of carbonyl (C=O) groups excluding carboxylic acids is 2. The Kier molecular flexibility index (Phi) is 14.4. The molecule has 420 valence electrons. The third kappa shape index (κ3) is 10.6. The van der Waals surface area contributed by atoms with E-state index in [1.807, 2.05) is 58.2 Å². The molecule has 2 amide bonds. The number of hydrogen-bond donors (Lipinski definition) is 3. The van der Waals surface area contributed by atoms with Crippen LogP contribution in [0.25, 0.3) is 22.6 Å². The highest BCUT2D eigenvalue weighted by Gasteiger charge is 2.50. The number of likely N-dealkylation sites (tertiary alicyclic amines) is 2. The van der Waals surface area contributed by atoms with Crippen molar-refractivity contribution in [2.24, 2.45) is 10.8 Å². The van der Waals surface area contributed by atoms with Crippen LogP contribution in [-0.4, -0.2) is 112 Å². The summed E-state index contributed by atoms with van der Waals surface area (Å²) in [7, 11) is 0. The van der Waals surface area contributed by atoms with Crippen LogP contribution >= 0.6 is 11.3 Å². The number of aryl methyl sites for hydroxylation is 1. The van der Waals surface area contributed by atoms with Crippen molar-refractivity contribution >= 4 is 28.2 Å². The Labute approximate surface area is 473 Å². The number of nitrogen functional groups attached to an aromatic ring is 1. The number of nitrogens with zero attached hydrogens (tertiary/aromatic N) is 11. The lowest BCUT2D eigenvalue weighted by molar-refractivity contribution is -0.144. The van der Waals surface area contributed by atoms with E-state index in [0.29, 0.717) is 52.3 Å². The maximum absolute atomic E-state index is 14.7. The van der Waals surface area contributed by atoms with E-state index < -0.39 is 35.1 Å². The van der Waals surface area contributed by atoms with Gasteiger partial charge in [-0.25, -0.2) is 19.0 Å². The average Bonchev–Trinajstić information content (AvgIpc) is 3.31. The van der Waals surface area contributed by atoms with Gasteiger partial charge in [0, 0.05) is 53.0 Å². The molecule has 81 heavy (non-hydrogen) atoms. The van der Waals surface area contributed by atoms with Gasteiger partial charge >= 0.3 is 0 Å². The fourth-order valence-electron chi connectivity index (χ4n) is 12.9. The number of thiophene rings is 1. The minimum Gasteiger partial charge on any atom is -0.477 e. The van der Waals surface area contributed by atoms with E-state index >= 15 is 0 Å². The van der Waals surface area contributed by atoms with Crippen molar-refractivity contribution in [1.82, 2.24) is 55.2 Å². The highest BCUT2D eigenvalue weighted by Crippen LogP contribution is 2.55. The number of aromatic nitrogens is 8. The van der Waals surface area contributed by atoms with Gasteiger partial charge in [0.25, 0.3) is 0 Å². The number of piperidine rings is 1. The minimum atomic E-state index is -0.887. The number of aliphatic hydroxyl groups is 1. The third-order valence-corrected chi connectivity index (χ3v) is 18.3. The molecule has 1 spiro atoms. The van der Waals surface area contributed by atoms with Gasteiger partial charge in [-0.1, -0.05) is 73.6 Å². The van der Waals surface area contributed by atoms with Gasteiger partial charge < -0.3 is 40.0 Å². The Morgan fingerprint density at radius 3 is 2.49 bits per heavy atom. The monoisotopic (exact) mass is 1120 g/mol. The van der Waals surface area contributed by atoms with Crippen molar-refractivity contribution in [3.05, 3.63) is 124 Å². The summed E-state index contributed by atoms with van der Waals surface area (Å²) in [5.74, 6) is 1.24. The first-order valence-corrected chi connectivity index (χ1v) is 28.9. The predicted molar refractivity (Wildman–Crippen MR) is 298 cm³/mol. The SMILES string of the molecule is C[C@H](NC(=O)[C@@H]1C[C@@H](O)CN1C(=O)[C@@H](n1cc(C2CCN(CC3(COc4cc(Oc5cncnc5)nc(-c5noc6c5CCC[C@@]65CCCc6sc(N)c(C#N)c65)n4)CC3)CC2)nn1)C(C)(C)C)c1ccc(-c2ccccc2F)cc1. The van der Waals surface area contributed by atoms with Gasteiger partial charge in [-0.15, -0.1) is 16.4 Å². The number of hydrogen-bond acceptors (Lipinski definition) is 17. The summed E-state index contributed by atoms with van der Waals surface area (Å²) in [6.07, 6.45) is 14.5. The number of halogens is 1. The Balaban J connectivity index is 0.694. The minimum absolute atomic E-state index is 0.0204. The molecule has 2 aromatic carbocycles. The first-order chi connectivity index (χ1) is 39.1. The molecule has 19 nitrogen and oxygen atoms in total. The summed E-state index contributed by atoms with van der Waals surface area (Å²) in [4.78, 5) is 51.8. The molecule has 0 radical (unpaired) electrons. The molecule has 3 aliphatic carbocycles. The van der Waals surface area contributed by atoms with Gasteiger partial charge in [0.05, 0.1) is 53.9 Å². The van der Waals surface area contributed by atoms with Gasteiger partial charge in [0.15, 0.2) is 23.0 Å². The molecule has 7 aromatic rings. The molecule has 5 aliphatic rings. The first kappa shape index (κ1) is 53.9. The molecule has 12 rings (SSSR count). The number of β-amino-alcohol motifs (C(OH)–C–C–N with tert-alkyl or cyclic N) is 1. The zero-order valence-electron chi connectivity index (χ0n) is 46.0. The van der Waals surface area contributed by atoms with Gasteiger partial charge in [-0.2, -0.15) is 15.2 Å². The summed E-state index contributed by atoms with van der Waals surface area (Å²) < 4.78 is 35.2. The summed E-state index contributed by atoms with van der Waals surface area (Å²) in [6.45, 7) is 10.8. The second-order valence-electron chi connectivity index (χ2n) is 23.9. The normalized spacial score (nSPS) is 21.4. The molecule has 4 N–H and O–H groups in total. The molecule has 21 heteroatoms. The molecule has 0 unspecified atom stereocenters. The fraction of sp³-hybridized carbons (Fsp3) is 0.467. The number of rotatable bonds is 15. The summed E-state index contributed by atoms with van der Waals surface area (Å²) in [5.41, 5.74) is 11.1. The van der Waals surface area contributed by atoms with Crippen LogP contribution in [-0.2, 0) is 27.8 Å². The number of anilines is 1. The largest absolute Gasteiger partial charge is 0.477 e. The molecule has 5 aromatic heterocycles. The second kappa shape index (κ2) is 21.7. The van der Waals surface area contributed by atoms with Gasteiger partial charge in [-0.3, -0.25) is 9.59 Å². The van der Waals surface area contributed by atoms with Crippen LogP contribution in [0, 0.1) is 28.0 Å². The maximum atomic E-state index is 14.7. The number of carbonyl (C=O) groups is 2. The molecule has 2 aliphatic heterocycles. The van der Waals surface area contributed by atoms with Crippen LogP contribution in [0.3, 0.4) is 0 Å². The molecule has 3 fully saturated rings. The number of amides is 2. The van der Waals surface area contributed by atoms with E-state index in [2.05, 4.69) is 41.7 Å². The van der Waals surface area contributed by atoms with Crippen LogP contribution < -0.4 is 20.5 Å². The number of nitrogens with one attached hydrogen (secondary N) is 1. The van der Waals surface area contributed by atoms with E-state index in [-0.39, 0.29) is 47.8 Å². The lowest BCUT2D eigenvalue weighted by Crippen LogP contribution is -2.50. The van der Waals surface area contributed by atoms with Crippen molar-refractivity contribution in [1.29, 1.82) is 5.26 Å². The Morgan fingerprint density at radius 2 is 1.77 bits per heavy atom. The summed E-state index contributed by atoms with van der Waals surface area (Å²) in [6, 6.07) is 15.9. The molecule has 0 bridgehead atoms. The molecule has 2 saturated heterocycles. The number of ether oxygens (including phenoxy) is 2. The standard InChI is InChI=1S/C60H66FN13O6S/c1-35(36-13-15-37(16-14-36)41-9-5-6-11-44(41)61)66-56(76)46-25-39(75)30-73(46)57(77)52(58(2,3)4)74-31-45(69-71-74)38-17-23-72(24-18-38)32-59(21-22-59)33-78-48-26-49(79-40-28-64-34-65-29-40)68-55(67-48)51-42-10-7-19-60(53(42)80-70-51)20-8-12-47-50(60)43(27-62)54(63)81-47/h5-6,9,11,13-16,26,28-29,31,34-35,38-39,46,52,75H,7-8,10,12,17-25,30,32-33,63H2,1-4H3,(H,66,76)/t35-,39+,46-,52+,60-/m0/s1. The van der Waals surface area contributed by atoms with E-state index in [1.54, 1.807) is 41.3 Å². The predicted octanol–water partition coefficient (Wildman–Crippen LogP) is 9.05. The number of benzene rings is 2. The molecular formula is C60H66FN13O6S. The summed E-state index contributed by atoms with van der Waals surface area (Å²) >= 11 is 1.51. The zero-order valence-corrected chi connectivity index (χ0v) is 46.8. The van der Waals surface area contributed by atoms with Crippen molar-refractivity contribution in [3.63, 3.8) is 0 Å². The smallest absolute Gasteiger partial charge is 0.248 e. The Bertz CT molecular complexity index is 3500. The van der Waals surface area contributed by atoms with Crippen LogP contribution in [0.4, 0.5) is 9.39 Å². The van der Waals surface area contributed by atoms with E-state index in [0.717, 1.165) is 116 Å². The van der Waals surface area contributed by atoms with Gasteiger partial charge in [0.1, 0.15) is 35.3 Å². The van der Waals surface area contributed by atoms with Crippen molar-refractivity contribution in [2.45, 2.75) is 134 Å². The van der Waals surface area contributed by atoms with Crippen LogP contribution in [0.15, 0.2) is 84.0 Å². The Hall–Kier alpha value is -7.67. The van der Waals surface area contributed by atoms with Crippen molar-refractivity contribution in [2.75, 3.05) is 38.5 Å². The number of fused-ring (bicyclic) bond motifs is 4. The highest BCUT2D eigenvalue weighted by molar-refractivity contribution is 7.16. The van der Waals surface area contributed by atoms with Gasteiger partial charge in [-0.05, 0) is 112 Å². The highest BCUT2D eigenvalue weighted by atomic mass is 32.1. The first-order valence-electron chi connectivity index (χ1n) is 28.1.